The van der Waals surface area contributed by atoms with E-state index in [0.717, 1.165) is 36.8 Å². The van der Waals surface area contributed by atoms with Gasteiger partial charge in [0.25, 0.3) is 5.91 Å². The standard InChI is InChI=1S/C23H23ClF3N3O3/c24-15-1-6-20-14(7-15)10-21(32-20)22(31)29-16-2-4-17(5-3-16)30-11-19(28-12-30)13-8-18(9-13)33-23(25,26)27/h1,6-7,10-13,16-18H,2-5,8-9H2,(H,29,31). The Kier molecular flexibility index (Phi) is 5.86. The van der Waals surface area contributed by atoms with Gasteiger partial charge in [-0.15, -0.1) is 13.2 Å². The van der Waals surface area contributed by atoms with Gasteiger partial charge in [-0.1, -0.05) is 11.6 Å². The molecule has 0 aliphatic heterocycles. The number of rotatable bonds is 5. The zero-order chi connectivity index (χ0) is 23.2. The molecule has 10 heteroatoms. The largest absolute Gasteiger partial charge is 0.522 e. The van der Waals surface area contributed by atoms with E-state index in [4.69, 9.17) is 16.0 Å². The zero-order valence-corrected chi connectivity index (χ0v) is 18.4. The van der Waals surface area contributed by atoms with E-state index in [0.29, 0.717) is 23.4 Å². The van der Waals surface area contributed by atoms with Gasteiger partial charge >= 0.3 is 6.36 Å². The number of carbonyl (C=O) groups excluding carboxylic acids is 1. The Balaban J connectivity index is 1.11. The summed E-state index contributed by atoms with van der Waals surface area (Å²) in [4.78, 5) is 17.0. The molecule has 0 radical (unpaired) electrons. The van der Waals surface area contributed by atoms with Crippen LogP contribution in [0.1, 0.15) is 66.7 Å². The molecular weight excluding hydrogens is 459 g/mol. The second-order valence-corrected chi connectivity index (χ2v) is 9.31. The summed E-state index contributed by atoms with van der Waals surface area (Å²) in [6.07, 6.45) is 2.41. The van der Waals surface area contributed by atoms with Crippen LogP contribution in [-0.2, 0) is 4.74 Å². The molecule has 3 aromatic rings. The summed E-state index contributed by atoms with van der Waals surface area (Å²) in [5, 5.41) is 4.42. The summed E-state index contributed by atoms with van der Waals surface area (Å²) in [5.74, 6) is 0.0335. The molecule has 2 aromatic heterocycles. The molecular formula is C23H23ClF3N3O3. The third-order valence-electron chi connectivity index (χ3n) is 6.59. The predicted octanol–water partition coefficient (Wildman–Crippen LogP) is 5.98. The Morgan fingerprint density at radius 2 is 1.94 bits per heavy atom. The molecule has 5 rings (SSSR count). The maximum absolute atomic E-state index is 12.6. The first-order valence-electron chi connectivity index (χ1n) is 11.0. The van der Waals surface area contributed by atoms with Gasteiger partial charge in [0.15, 0.2) is 5.76 Å². The van der Waals surface area contributed by atoms with E-state index in [1.54, 1.807) is 30.6 Å². The van der Waals surface area contributed by atoms with Crippen LogP contribution >= 0.6 is 11.6 Å². The first kappa shape index (κ1) is 22.3. The monoisotopic (exact) mass is 481 g/mol. The fourth-order valence-electron chi connectivity index (χ4n) is 4.76. The van der Waals surface area contributed by atoms with E-state index in [2.05, 4.69) is 15.0 Å². The van der Waals surface area contributed by atoms with Crippen LogP contribution in [0.5, 0.6) is 0 Å². The summed E-state index contributed by atoms with van der Waals surface area (Å²) in [6, 6.07) is 7.23. The van der Waals surface area contributed by atoms with Crippen molar-refractivity contribution in [1.82, 2.24) is 14.9 Å². The highest BCUT2D eigenvalue weighted by molar-refractivity contribution is 6.31. The Labute approximate surface area is 193 Å². The van der Waals surface area contributed by atoms with E-state index in [9.17, 15) is 18.0 Å². The average molecular weight is 482 g/mol. The van der Waals surface area contributed by atoms with Crippen molar-refractivity contribution in [2.45, 2.75) is 69.0 Å². The Morgan fingerprint density at radius 1 is 1.18 bits per heavy atom. The van der Waals surface area contributed by atoms with Crippen molar-refractivity contribution in [1.29, 1.82) is 0 Å². The second-order valence-electron chi connectivity index (χ2n) is 8.87. The summed E-state index contributed by atoms with van der Waals surface area (Å²) < 4.78 is 48.6. The van der Waals surface area contributed by atoms with Crippen molar-refractivity contribution in [3.05, 3.63) is 53.3 Å². The number of ether oxygens (including phenoxy) is 1. The molecule has 0 unspecified atom stereocenters. The minimum Gasteiger partial charge on any atom is -0.451 e. The van der Waals surface area contributed by atoms with Crippen molar-refractivity contribution in [2.24, 2.45) is 0 Å². The van der Waals surface area contributed by atoms with Crippen molar-refractivity contribution in [3.8, 4) is 0 Å². The lowest BCUT2D eigenvalue weighted by Gasteiger charge is -2.34. The molecule has 1 amide bonds. The number of benzene rings is 1. The smallest absolute Gasteiger partial charge is 0.451 e. The van der Waals surface area contributed by atoms with Gasteiger partial charge in [-0.25, -0.2) is 4.98 Å². The molecule has 1 N–H and O–H groups in total. The van der Waals surface area contributed by atoms with Crippen LogP contribution < -0.4 is 5.32 Å². The molecule has 2 aliphatic rings. The normalized spacial score (nSPS) is 25.7. The molecule has 0 spiro atoms. The van der Waals surface area contributed by atoms with Crippen molar-refractivity contribution < 1.29 is 27.1 Å². The number of fused-ring (bicyclic) bond motifs is 1. The highest BCUT2D eigenvalue weighted by Crippen LogP contribution is 2.41. The highest BCUT2D eigenvalue weighted by atomic mass is 35.5. The average Bonchev–Trinajstić information content (AvgIpc) is 3.37. The minimum absolute atomic E-state index is 0.00733. The Hall–Kier alpha value is -2.52. The number of carbonyl (C=O) groups is 1. The van der Waals surface area contributed by atoms with Crippen LogP contribution in [0.4, 0.5) is 13.2 Å². The number of aromatic nitrogens is 2. The summed E-state index contributed by atoms with van der Waals surface area (Å²) in [7, 11) is 0. The van der Waals surface area contributed by atoms with E-state index in [1.807, 2.05) is 10.8 Å². The maximum atomic E-state index is 12.6. The number of amides is 1. The zero-order valence-electron chi connectivity index (χ0n) is 17.6. The lowest BCUT2D eigenvalue weighted by molar-refractivity contribution is -0.351. The van der Waals surface area contributed by atoms with Gasteiger partial charge in [0, 0.05) is 34.6 Å². The highest BCUT2D eigenvalue weighted by Gasteiger charge is 2.41. The lowest BCUT2D eigenvalue weighted by Crippen LogP contribution is -2.37. The first-order valence-corrected chi connectivity index (χ1v) is 11.4. The van der Waals surface area contributed by atoms with E-state index < -0.39 is 12.5 Å². The predicted molar refractivity (Wildman–Crippen MR) is 115 cm³/mol. The SMILES string of the molecule is O=C(NC1CCC(n2cnc(C3CC(OC(F)(F)F)C3)c2)CC1)c1cc2cc(Cl)ccc2o1. The second kappa shape index (κ2) is 8.68. The molecule has 2 heterocycles. The number of nitrogens with one attached hydrogen (secondary N) is 1. The first-order chi connectivity index (χ1) is 15.7. The molecule has 0 atom stereocenters. The fourth-order valence-corrected chi connectivity index (χ4v) is 4.94. The van der Waals surface area contributed by atoms with Gasteiger partial charge in [-0.3, -0.25) is 9.53 Å². The molecule has 0 bridgehead atoms. The minimum atomic E-state index is -4.58. The van der Waals surface area contributed by atoms with Crippen LogP contribution in [0, 0.1) is 0 Å². The summed E-state index contributed by atoms with van der Waals surface area (Å²) in [5.41, 5.74) is 1.43. The van der Waals surface area contributed by atoms with Crippen LogP contribution in [0.2, 0.25) is 5.02 Å². The molecule has 2 saturated carbocycles. The third-order valence-corrected chi connectivity index (χ3v) is 6.83. The van der Waals surface area contributed by atoms with Gasteiger partial charge in [0.05, 0.1) is 18.1 Å². The molecule has 176 valence electrons. The number of hydrogen-bond donors (Lipinski definition) is 1. The number of nitrogens with zero attached hydrogens (tertiary/aromatic N) is 2. The summed E-state index contributed by atoms with van der Waals surface area (Å²) >= 11 is 5.99. The van der Waals surface area contributed by atoms with Crippen molar-refractivity contribution in [2.75, 3.05) is 0 Å². The number of alkyl halides is 3. The summed E-state index contributed by atoms with van der Waals surface area (Å²) in [6.45, 7) is 0. The molecule has 33 heavy (non-hydrogen) atoms. The molecule has 0 saturated heterocycles. The van der Waals surface area contributed by atoms with Crippen molar-refractivity contribution >= 4 is 28.5 Å². The van der Waals surface area contributed by atoms with Crippen LogP contribution in [0.25, 0.3) is 11.0 Å². The van der Waals surface area contributed by atoms with Gasteiger partial charge in [-0.05, 0) is 62.8 Å². The number of imidazole rings is 1. The quantitative estimate of drug-likeness (QED) is 0.487. The molecule has 2 aliphatic carbocycles. The van der Waals surface area contributed by atoms with Crippen LogP contribution in [-0.4, -0.2) is 34.0 Å². The van der Waals surface area contributed by atoms with E-state index >= 15 is 0 Å². The van der Waals surface area contributed by atoms with E-state index in [1.165, 1.54) is 0 Å². The molecule has 2 fully saturated rings. The Morgan fingerprint density at radius 3 is 2.67 bits per heavy atom. The van der Waals surface area contributed by atoms with Crippen LogP contribution in [0.15, 0.2) is 41.2 Å². The fraction of sp³-hybridized carbons (Fsp3) is 0.478. The van der Waals surface area contributed by atoms with Gasteiger partial charge in [-0.2, -0.15) is 0 Å². The lowest BCUT2D eigenvalue weighted by atomic mass is 9.80. The van der Waals surface area contributed by atoms with Gasteiger partial charge in [0.2, 0.25) is 0 Å². The maximum Gasteiger partial charge on any atom is 0.522 e. The third kappa shape index (κ3) is 5.04. The number of furan rings is 1. The molecule has 6 nitrogen and oxygen atoms in total. The Bertz CT molecular complexity index is 1140. The number of halogens is 4. The topological polar surface area (TPSA) is 69.3 Å². The molecule has 1 aromatic carbocycles. The van der Waals surface area contributed by atoms with Crippen LogP contribution in [0.3, 0.4) is 0 Å². The van der Waals surface area contributed by atoms with Crippen molar-refractivity contribution in [3.63, 3.8) is 0 Å². The van der Waals surface area contributed by atoms with Gasteiger partial charge in [0.1, 0.15) is 5.58 Å². The van der Waals surface area contributed by atoms with E-state index in [-0.39, 0.29) is 29.7 Å². The van der Waals surface area contributed by atoms with Gasteiger partial charge < -0.3 is 14.3 Å². The number of hydrogen-bond acceptors (Lipinski definition) is 4.